The quantitative estimate of drug-likeness (QED) is 0.252. The third kappa shape index (κ3) is 2.85. The molecule has 0 bridgehead atoms. The molecule has 2 N–H and O–H groups in total. The second-order valence-corrected chi connectivity index (χ2v) is 5.47. The number of aliphatic hydroxyl groups is 1. The summed E-state index contributed by atoms with van der Waals surface area (Å²) in [6.07, 6.45) is 2.89. The molecule has 1 aliphatic carbocycles. The van der Waals surface area contributed by atoms with E-state index in [0.717, 1.165) is 11.1 Å². The normalized spacial score (nSPS) is 35.0. The predicted octanol–water partition coefficient (Wildman–Crippen LogP) is 1.99. The second-order valence-electron chi connectivity index (χ2n) is 5.47. The molecule has 110 valence electrons. The summed E-state index contributed by atoms with van der Waals surface area (Å²) >= 11 is 0. The molecule has 0 aromatic heterocycles. The van der Waals surface area contributed by atoms with Gasteiger partial charge in [-0.1, -0.05) is 18.2 Å². The molecule has 0 radical (unpaired) electrons. The first-order valence-electron chi connectivity index (χ1n) is 6.67. The van der Waals surface area contributed by atoms with Crippen molar-refractivity contribution in [1.29, 1.82) is 0 Å². The Balaban J connectivity index is 2.39. The van der Waals surface area contributed by atoms with Gasteiger partial charge >= 0.3 is 5.97 Å². The molecule has 2 rings (SSSR count). The van der Waals surface area contributed by atoms with Crippen LogP contribution in [0.1, 0.15) is 26.7 Å². The lowest BCUT2D eigenvalue weighted by molar-refractivity contribution is -0.269. The first kappa shape index (κ1) is 15.0. The summed E-state index contributed by atoms with van der Waals surface area (Å²) in [6.45, 7) is 7.41. The molecule has 4 atom stereocenters. The number of allylic oxidation sites excluding steroid dienone is 1. The molecule has 0 saturated carbocycles. The molecule has 5 heteroatoms. The van der Waals surface area contributed by atoms with Crippen LogP contribution in [0.25, 0.3) is 0 Å². The molecule has 4 unspecified atom stereocenters. The predicted molar refractivity (Wildman–Crippen MR) is 72.8 cm³/mol. The lowest BCUT2D eigenvalue weighted by Gasteiger charge is -2.23. The number of fused-ring (bicyclic) bond motifs is 1. The Morgan fingerprint density at radius 3 is 2.75 bits per heavy atom. The van der Waals surface area contributed by atoms with Gasteiger partial charge in [0.15, 0.2) is 0 Å². The van der Waals surface area contributed by atoms with Crippen LogP contribution in [-0.2, 0) is 14.4 Å². The van der Waals surface area contributed by atoms with Gasteiger partial charge in [-0.25, -0.2) is 9.68 Å². The van der Waals surface area contributed by atoms with Crippen molar-refractivity contribution in [2.45, 2.75) is 45.0 Å². The lowest BCUT2D eigenvalue weighted by Crippen LogP contribution is -2.28. The molecular formula is C15H20O5. The maximum absolute atomic E-state index is 11.7. The minimum atomic E-state index is -0.811. The number of hydrogen-bond donors (Lipinski definition) is 2. The molecule has 1 aliphatic heterocycles. The summed E-state index contributed by atoms with van der Waals surface area (Å²) in [5, 5.41) is 19.3. The fraction of sp³-hybridized carbons (Fsp3) is 0.533. The number of esters is 1. The van der Waals surface area contributed by atoms with Gasteiger partial charge in [0.2, 0.25) is 0 Å². The van der Waals surface area contributed by atoms with Crippen molar-refractivity contribution in [2.75, 3.05) is 0 Å². The maximum Gasteiger partial charge on any atom is 0.334 e. The van der Waals surface area contributed by atoms with Gasteiger partial charge in [0.25, 0.3) is 0 Å². The summed E-state index contributed by atoms with van der Waals surface area (Å²) in [5.41, 5.74) is 2.02. The first-order chi connectivity index (χ1) is 9.43. The smallest absolute Gasteiger partial charge is 0.334 e. The van der Waals surface area contributed by atoms with E-state index in [1.807, 2.05) is 6.92 Å². The zero-order valence-corrected chi connectivity index (χ0v) is 11.7. The largest absolute Gasteiger partial charge is 0.454 e. The van der Waals surface area contributed by atoms with E-state index in [-0.39, 0.29) is 5.57 Å². The van der Waals surface area contributed by atoms with Crippen LogP contribution < -0.4 is 0 Å². The molecule has 0 aromatic rings. The van der Waals surface area contributed by atoms with Gasteiger partial charge in [0.1, 0.15) is 12.2 Å². The van der Waals surface area contributed by atoms with Crippen LogP contribution in [0.3, 0.4) is 0 Å². The number of ether oxygens (including phenoxy) is 1. The van der Waals surface area contributed by atoms with Crippen LogP contribution >= 0.6 is 0 Å². The van der Waals surface area contributed by atoms with Crippen LogP contribution in [0.4, 0.5) is 0 Å². The van der Waals surface area contributed by atoms with Crippen molar-refractivity contribution < 1.29 is 24.8 Å². The van der Waals surface area contributed by atoms with Crippen LogP contribution in [0, 0.1) is 5.92 Å². The lowest BCUT2D eigenvalue weighted by atomic mass is 9.86. The Morgan fingerprint density at radius 1 is 1.40 bits per heavy atom. The molecule has 1 heterocycles. The van der Waals surface area contributed by atoms with Gasteiger partial charge < -0.3 is 9.84 Å². The molecule has 5 nitrogen and oxygen atoms in total. The van der Waals surface area contributed by atoms with E-state index in [1.165, 1.54) is 0 Å². The summed E-state index contributed by atoms with van der Waals surface area (Å²) in [6, 6.07) is 0. The summed E-state index contributed by atoms with van der Waals surface area (Å²) in [4.78, 5) is 16.1. The third-order valence-electron chi connectivity index (χ3n) is 3.95. The summed E-state index contributed by atoms with van der Waals surface area (Å²) in [7, 11) is 0. The highest BCUT2D eigenvalue weighted by molar-refractivity contribution is 5.91. The van der Waals surface area contributed by atoms with E-state index in [9.17, 15) is 9.90 Å². The molecule has 0 amide bonds. The van der Waals surface area contributed by atoms with Crippen LogP contribution in [-0.4, -0.2) is 34.6 Å². The van der Waals surface area contributed by atoms with Crippen molar-refractivity contribution in [3.05, 3.63) is 35.5 Å². The van der Waals surface area contributed by atoms with E-state index in [1.54, 1.807) is 19.1 Å². The Morgan fingerprint density at radius 2 is 2.10 bits per heavy atom. The number of carbonyl (C=O) groups is 1. The fourth-order valence-corrected chi connectivity index (χ4v) is 2.71. The van der Waals surface area contributed by atoms with Gasteiger partial charge in [0, 0.05) is 5.57 Å². The molecule has 20 heavy (non-hydrogen) atoms. The van der Waals surface area contributed by atoms with Crippen molar-refractivity contribution in [2.24, 2.45) is 5.92 Å². The van der Waals surface area contributed by atoms with Gasteiger partial charge in [-0.3, -0.25) is 5.26 Å². The number of aliphatic hydroxyl groups excluding tert-OH is 1. The minimum Gasteiger partial charge on any atom is -0.454 e. The van der Waals surface area contributed by atoms with Crippen LogP contribution in [0.15, 0.2) is 35.5 Å². The SMILES string of the molecule is C=C1C(=O)OC2C=C(C)C(OO)CCC(C)=CC(O)C12. The van der Waals surface area contributed by atoms with Crippen LogP contribution in [0.5, 0.6) is 0 Å². The molecule has 2 aliphatic rings. The number of carbonyl (C=O) groups excluding carboxylic acids is 1. The van der Waals surface area contributed by atoms with Gasteiger partial charge in [0.05, 0.1) is 12.0 Å². The van der Waals surface area contributed by atoms with E-state index in [0.29, 0.717) is 12.8 Å². The van der Waals surface area contributed by atoms with Gasteiger partial charge in [-0.15, -0.1) is 0 Å². The summed E-state index contributed by atoms with van der Waals surface area (Å²) < 4.78 is 5.24. The molecule has 1 fully saturated rings. The van der Waals surface area contributed by atoms with E-state index in [2.05, 4.69) is 11.5 Å². The van der Waals surface area contributed by atoms with Crippen molar-refractivity contribution in [3.8, 4) is 0 Å². The van der Waals surface area contributed by atoms with Crippen molar-refractivity contribution >= 4 is 5.97 Å². The summed E-state index contributed by atoms with van der Waals surface area (Å²) in [5.74, 6) is -0.986. The number of hydrogen-bond acceptors (Lipinski definition) is 5. The average molecular weight is 280 g/mol. The molecule has 0 spiro atoms. The Hall–Kier alpha value is -1.43. The second kappa shape index (κ2) is 5.91. The van der Waals surface area contributed by atoms with Crippen molar-refractivity contribution in [1.82, 2.24) is 0 Å². The molecule has 1 saturated heterocycles. The van der Waals surface area contributed by atoms with E-state index in [4.69, 9.17) is 9.99 Å². The topological polar surface area (TPSA) is 76.0 Å². The average Bonchev–Trinajstić information content (AvgIpc) is 2.64. The van der Waals surface area contributed by atoms with Gasteiger partial charge in [-0.05, 0) is 38.3 Å². The maximum atomic E-state index is 11.7. The van der Waals surface area contributed by atoms with E-state index >= 15 is 0 Å². The zero-order chi connectivity index (χ0) is 14.9. The monoisotopic (exact) mass is 280 g/mol. The van der Waals surface area contributed by atoms with Crippen LogP contribution in [0.2, 0.25) is 0 Å². The highest BCUT2D eigenvalue weighted by Crippen LogP contribution is 2.33. The van der Waals surface area contributed by atoms with Gasteiger partial charge in [-0.2, -0.15) is 0 Å². The van der Waals surface area contributed by atoms with Crippen molar-refractivity contribution in [3.63, 3.8) is 0 Å². The Kier molecular flexibility index (Phi) is 4.42. The standard InChI is InChI=1S/C15H20O5/c1-8-4-5-12(20-18)9(2)7-13-14(11(16)6-8)10(3)15(17)19-13/h6-7,11-14,16,18H,3-5H2,1-2H3. The Bertz CT molecular complexity index is 477. The highest BCUT2D eigenvalue weighted by Gasteiger charge is 2.41. The highest BCUT2D eigenvalue weighted by atomic mass is 17.1. The fourth-order valence-electron chi connectivity index (χ4n) is 2.71. The third-order valence-corrected chi connectivity index (χ3v) is 3.95. The van der Waals surface area contributed by atoms with E-state index < -0.39 is 30.2 Å². The molecule has 0 aromatic carbocycles. The zero-order valence-electron chi connectivity index (χ0n) is 11.7. The first-order valence-corrected chi connectivity index (χ1v) is 6.67. The molecular weight excluding hydrogens is 260 g/mol. The minimum absolute atomic E-state index is 0.276. The Labute approximate surface area is 118 Å². The number of rotatable bonds is 1.